The molecule has 0 aliphatic carbocycles. The molecule has 0 unspecified atom stereocenters. The van der Waals surface area contributed by atoms with E-state index in [0.29, 0.717) is 5.56 Å². The molecule has 0 saturated heterocycles. The maximum Gasteiger partial charge on any atom is 0.221 e. The van der Waals surface area contributed by atoms with Crippen molar-refractivity contribution in [1.29, 1.82) is 0 Å². The zero-order valence-corrected chi connectivity index (χ0v) is 11.4. The van der Waals surface area contributed by atoms with E-state index >= 15 is 0 Å². The van der Waals surface area contributed by atoms with Crippen LogP contribution in [-0.4, -0.2) is 11.7 Å². The Morgan fingerprint density at radius 2 is 1.45 bits per heavy atom. The van der Waals surface area contributed by atoms with Crippen LogP contribution in [0.25, 0.3) is 0 Å². The lowest BCUT2D eigenvalue weighted by Crippen LogP contribution is -2.07. The number of carbonyl (C=O) groups is 2. The highest BCUT2D eigenvalue weighted by Crippen LogP contribution is 2.25. The fourth-order valence-corrected chi connectivity index (χ4v) is 1.83. The second-order valence-electron chi connectivity index (χ2n) is 4.49. The number of rotatable bonds is 4. The molecule has 2 aromatic rings. The lowest BCUT2D eigenvalue weighted by atomic mass is 10.1. The number of Topliss-reactive ketones (excluding diaryl/α,β-unsaturated/α-hetero) is 1. The average molecular weight is 268 g/mol. The van der Waals surface area contributed by atoms with Gasteiger partial charge in [0.15, 0.2) is 5.78 Å². The van der Waals surface area contributed by atoms with Crippen LogP contribution < -0.4 is 10.6 Å². The summed E-state index contributed by atoms with van der Waals surface area (Å²) >= 11 is 0. The van der Waals surface area contributed by atoms with Crippen LogP contribution in [0.3, 0.4) is 0 Å². The molecule has 0 heterocycles. The molecule has 4 heteroatoms. The number of hydrogen-bond acceptors (Lipinski definition) is 3. The highest BCUT2D eigenvalue weighted by Gasteiger charge is 2.04. The normalized spacial score (nSPS) is 9.90. The summed E-state index contributed by atoms with van der Waals surface area (Å²) < 4.78 is 0. The zero-order chi connectivity index (χ0) is 14.5. The van der Waals surface area contributed by atoms with Gasteiger partial charge in [-0.3, -0.25) is 9.59 Å². The molecule has 20 heavy (non-hydrogen) atoms. The van der Waals surface area contributed by atoms with Crippen molar-refractivity contribution in [2.45, 2.75) is 13.8 Å². The molecule has 102 valence electrons. The van der Waals surface area contributed by atoms with E-state index in [-0.39, 0.29) is 11.7 Å². The van der Waals surface area contributed by atoms with Crippen LogP contribution in [0.15, 0.2) is 48.5 Å². The summed E-state index contributed by atoms with van der Waals surface area (Å²) in [4.78, 5) is 22.4. The fraction of sp³-hybridized carbons (Fsp3) is 0.125. The Morgan fingerprint density at radius 1 is 0.850 bits per heavy atom. The van der Waals surface area contributed by atoms with E-state index in [1.54, 1.807) is 12.1 Å². The highest BCUT2D eigenvalue weighted by atomic mass is 16.1. The lowest BCUT2D eigenvalue weighted by Gasteiger charge is -2.12. The standard InChI is InChI=1S/C16H16N2O2/c1-11(19)13-7-9-14(10-8-13)18-16-6-4-3-5-15(16)17-12(2)20/h3-10,18H,1-2H3,(H,17,20). The van der Waals surface area contributed by atoms with E-state index in [4.69, 9.17) is 0 Å². The Balaban J connectivity index is 2.21. The van der Waals surface area contributed by atoms with Gasteiger partial charge in [-0.05, 0) is 43.3 Å². The van der Waals surface area contributed by atoms with E-state index < -0.39 is 0 Å². The molecule has 0 atom stereocenters. The van der Waals surface area contributed by atoms with Crippen molar-refractivity contribution in [3.8, 4) is 0 Å². The van der Waals surface area contributed by atoms with Crippen LogP contribution in [0, 0.1) is 0 Å². The van der Waals surface area contributed by atoms with E-state index in [0.717, 1.165) is 17.1 Å². The van der Waals surface area contributed by atoms with Crippen molar-refractivity contribution in [1.82, 2.24) is 0 Å². The Bertz CT molecular complexity index is 633. The third-order valence-corrected chi connectivity index (χ3v) is 2.81. The molecule has 0 saturated carbocycles. The summed E-state index contributed by atoms with van der Waals surface area (Å²) in [6, 6.07) is 14.7. The smallest absolute Gasteiger partial charge is 0.221 e. The van der Waals surface area contributed by atoms with Gasteiger partial charge in [-0.15, -0.1) is 0 Å². The molecular weight excluding hydrogens is 252 g/mol. The SMILES string of the molecule is CC(=O)Nc1ccccc1Nc1ccc(C(C)=O)cc1. The Labute approximate surface area is 117 Å². The quantitative estimate of drug-likeness (QED) is 0.833. The van der Waals surface area contributed by atoms with Crippen LogP contribution in [0.5, 0.6) is 0 Å². The molecular formula is C16H16N2O2. The first-order chi connectivity index (χ1) is 9.56. The number of carbonyl (C=O) groups excluding carboxylic acids is 2. The molecule has 2 N–H and O–H groups in total. The first-order valence-electron chi connectivity index (χ1n) is 6.31. The minimum Gasteiger partial charge on any atom is -0.354 e. The molecule has 0 aliphatic rings. The Morgan fingerprint density at radius 3 is 2.00 bits per heavy atom. The van der Waals surface area contributed by atoms with Crippen molar-refractivity contribution in [3.63, 3.8) is 0 Å². The number of para-hydroxylation sites is 2. The molecule has 0 spiro atoms. The van der Waals surface area contributed by atoms with Crippen LogP contribution in [0.1, 0.15) is 24.2 Å². The molecule has 2 aromatic carbocycles. The van der Waals surface area contributed by atoms with Crippen LogP contribution in [-0.2, 0) is 4.79 Å². The van der Waals surface area contributed by atoms with Gasteiger partial charge in [0, 0.05) is 18.2 Å². The summed E-state index contributed by atoms with van der Waals surface area (Å²) in [6.07, 6.45) is 0. The second-order valence-corrected chi connectivity index (χ2v) is 4.49. The van der Waals surface area contributed by atoms with Crippen molar-refractivity contribution < 1.29 is 9.59 Å². The van der Waals surface area contributed by atoms with Crippen molar-refractivity contribution in [2.24, 2.45) is 0 Å². The van der Waals surface area contributed by atoms with Crippen LogP contribution >= 0.6 is 0 Å². The van der Waals surface area contributed by atoms with E-state index in [1.165, 1.54) is 13.8 Å². The Hall–Kier alpha value is -2.62. The maximum absolute atomic E-state index is 11.2. The monoisotopic (exact) mass is 268 g/mol. The number of ketones is 1. The summed E-state index contributed by atoms with van der Waals surface area (Å²) in [6.45, 7) is 3.01. The predicted octanol–water partition coefficient (Wildman–Crippen LogP) is 3.59. The minimum atomic E-state index is -0.119. The van der Waals surface area contributed by atoms with Crippen molar-refractivity contribution in [2.75, 3.05) is 10.6 Å². The first-order valence-corrected chi connectivity index (χ1v) is 6.31. The van der Waals surface area contributed by atoms with Gasteiger partial charge in [-0.2, -0.15) is 0 Å². The van der Waals surface area contributed by atoms with Crippen LogP contribution in [0.2, 0.25) is 0 Å². The minimum absolute atomic E-state index is 0.0372. The molecule has 0 fully saturated rings. The van der Waals surface area contributed by atoms with E-state index in [1.807, 2.05) is 36.4 Å². The molecule has 0 bridgehead atoms. The summed E-state index contributed by atoms with van der Waals surface area (Å²) in [5, 5.41) is 5.99. The van der Waals surface area contributed by atoms with Gasteiger partial charge < -0.3 is 10.6 Å². The number of amides is 1. The third kappa shape index (κ3) is 3.45. The van der Waals surface area contributed by atoms with E-state index in [2.05, 4.69) is 10.6 Å². The lowest BCUT2D eigenvalue weighted by molar-refractivity contribution is -0.114. The van der Waals surface area contributed by atoms with Gasteiger partial charge in [0.25, 0.3) is 0 Å². The number of hydrogen-bond donors (Lipinski definition) is 2. The highest BCUT2D eigenvalue weighted by molar-refractivity contribution is 5.95. The van der Waals surface area contributed by atoms with Crippen LogP contribution in [0.4, 0.5) is 17.1 Å². The third-order valence-electron chi connectivity index (χ3n) is 2.81. The second kappa shape index (κ2) is 6.02. The summed E-state index contributed by atoms with van der Waals surface area (Å²) in [7, 11) is 0. The molecule has 4 nitrogen and oxygen atoms in total. The van der Waals surface area contributed by atoms with Gasteiger partial charge in [0.1, 0.15) is 0 Å². The molecule has 0 aliphatic heterocycles. The summed E-state index contributed by atoms with van der Waals surface area (Å²) in [5.41, 5.74) is 3.05. The fourth-order valence-electron chi connectivity index (χ4n) is 1.83. The molecule has 0 radical (unpaired) electrons. The van der Waals surface area contributed by atoms with Crippen molar-refractivity contribution >= 4 is 28.8 Å². The predicted molar refractivity (Wildman–Crippen MR) is 80.5 cm³/mol. The largest absolute Gasteiger partial charge is 0.354 e. The van der Waals surface area contributed by atoms with Crippen molar-refractivity contribution in [3.05, 3.63) is 54.1 Å². The van der Waals surface area contributed by atoms with Gasteiger partial charge in [-0.1, -0.05) is 12.1 Å². The number of benzene rings is 2. The van der Waals surface area contributed by atoms with Gasteiger partial charge in [-0.25, -0.2) is 0 Å². The first kappa shape index (κ1) is 13.8. The van der Waals surface area contributed by atoms with Gasteiger partial charge in [0.05, 0.1) is 11.4 Å². The molecule has 1 amide bonds. The Kier molecular flexibility index (Phi) is 4.15. The topological polar surface area (TPSA) is 58.2 Å². The van der Waals surface area contributed by atoms with Gasteiger partial charge >= 0.3 is 0 Å². The molecule has 0 aromatic heterocycles. The average Bonchev–Trinajstić information content (AvgIpc) is 2.41. The van der Waals surface area contributed by atoms with Gasteiger partial charge in [0.2, 0.25) is 5.91 Å². The zero-order valence-electron chi connectivity index (χ0n) is 11.4. The maximum atomic E-state index is 11.2. The molecule has 2 rings (SSSR count). The van der Waals surface area contributed by atoms with E-state index in [9.17, 15) is 9.59 Å². The number of anilines is 3. The summed E-state index contributed by atoms with van der Waals surface area (Å²) in [5.74, 6) is -0.0821. The number of nitrogens with one attached hydrogen (secondary N) is 2.